The number of aryl methyl sites for hydroxylation is 1. The standard InChI is InChI=1S/C20H15NO5/c1-21-14-5-3-2-4-13(14)19(23)18(20(21)24)15(22)8-6-12-7-9-16-17(10-12)26-11-25-16/h2-10,23H,11H2,1H3/b8-6+. The molecule has 2 heterocycles. The minimum atomic E-state index is -0.563. The van der Waals surface area contributed by atoms with Crippen LogP contribution in [0.3, 0.4) is 0 Å². The first-order valence-electron chi connectivity index (χ1n) is 7.99. The molecule has 2 aromatic carbocycles. The molecule has 130 valence electrons. The van der Waals surface area contributed by atoms with Gasteiger partial charge in [0.05, 0.1) is 5.52 Å². The lowest BCUT2D eigenvalue weighted by molar-refractivity contribution is 0.104. The number of nitrogens with zero attached hydrogens (tertiary/aromatic N) is 1. The molecule has 0 bridgehead atoms. The van der Waals surface area contributed by atoms with Crippen molar-refractivity contribution in [3.8, 4) is 17.2 Å². The van der Waals surface area contributed by atoms with Gasteiger partial charge in [0.2, 0.25) is 6.79 Å². The minimum absolute atomic E-state index is 0.169. The van der Waals surface area contributed by atoms with Gasteiger partial charge in [0, 0.05) is 12.4 Å². The third-order valence-electron chi connectivity index (χ3n) is 4.35. The summed E-state index contributed by atoms with van der Waals surface area (Å²) in [5.41, 5.74) is 0.496. The van der Waals surface area contributed by atoms with Gasteiger partial charge in [0.25, 0.3) is 5.56 Å². The van der Waals surface area contributed by atoms with Crippen molar-refractivity contribution in [3.05, 3.63) is 70.0 Å². The summed E-state index contributed by atoms with van der Waals surface area (Å²) < 4.78 is 11.9. The normalized spacial score (nSPS) is 12.8. The highest BCUT2D eigenvalue weighted by Crippen LogP contribution is 2.33. The molecule has 4 rings (SSSR count). The molecule has 0 spiro atoms. The average molecular weight is 349 g/mol. The molecule has 0 atom stereocenters. The first kappa shape index (κ1) is 16.0. The summed E-state index contributed by atoms with van der Waals surface area (Å²) >= 11 is 0. The van der Waals surface area contributed by atoms with Gasteiger partial charge in [-0.2, -0.15) is 0 Å². The molecule has 26 heavy (non-hydrogen) atoms. The summed E-state index contributed by atoms with van der Waals surface area (Å²) in [6, 6.07) is 12.2. The monoisotopic (exact) mass is 349 g/mol. The number of benzene rings is 2. The maximum absolute atomic E-state index is 12.6. The Balaban J connectivity index is 1.74. The molecular formula is C20H15NO5. The molecule has 1 aliphatic rings. The van der Waals surface area contributed by atoms with E-state index < -0.39 is 11.3 Å². The molecule has 0 amide bonds. The molecule has 0 saturated heterocycles. The lowest BCUT2D eigenvalue weighted by Crippen LogP contribution is -2.24. The Kier molecular flexibility index (Phi) is 3.73. The van der Waals surface area contributed by atoms with E-state index in [0.717, 1.165) is 5.56 Å². The highest BCUT2D eigenvalue weighted by molar-refractivity contribution is 6.11. The molecule has 0 fully saturated rings. The van der Waals surface area contributed by atoms with Crippen LogP contribution in [-0.2, 0) is 7.05 Å². The fourth-order valence-corrected chi connectivity index (χ4v) is 2.97. The van der Waals surface area contributed by atoms with Gasteiger partial charge in [-0.15, -0.1) is 0 Å². The van der Waals surface area contributed by atoms with E-state index in [0.29, 0.717) is 22.4 Å². The zero-order chi connectivity index (χ0) is 18.3. The molecule has 6 nitrogen and oxygen atoms in total. The number of allylic oxidation sites excluding steroid dienone is 1. The zero-order valence-corrected chi connectivity index (χ0v) is 13.9. The third kappa shape index (κ3) is 2.52. The molecule has 0 radical (unpaired) electrons. The Bertz CT molecular complexity index is 1130. The number of hydrogen-bond acceptors (Lipinski definition) is 5. The Morgan fingerprint density at radius 2 is 1.92 bits per heavy atom. The van der Waals surface area contributed by atoms with E-state index >= 15 is 0 Å². The maximum atomic E-state index is 12.6. The average Bonchev–Trinajstić information content (AvgIpc) is 3.12. The SMILES string of the molecule is Cn1c(=O)c(C(=O)/C=C/c2ccc3c(c2)OCO3)c(O)c2ccccc21. The van der Waals surface area contributed by atoms with Crippen LogP contribution < -0.4 is 15.0 Å². The topological polar surface area (TPSA) is 77.8 Å². The smallest absolute Gasteiger partial charge is 0.265 e. The zero-order valence-electron chi connectivity index (χ0n) is 13.9. The van der Waals surface area contributed by atoms with Crippen molar-refractivity contribution < 1.29 is 19.4 Å². The number of aromatic hydroxyl groups is 1. The summed E-state index contributed by atoms with van der Waals surface area (Å²) in [5.74, 6) is 0.383. The van der Waals surface area contributed by atoms with Crippen molar-refractivity contribution in [1.29, 1.82) is 0 Å². The van der Waals surface area contributed by atoms with Gasteiger partial charge in [-0.25, -0.2) is 0 Å². The van der Waals surface area contributed by atoms with Crippen LogP contribution in [0, 0.1) is 0 Å². The molecular weight excluding hydrogens is 334 g/mol. The van der Waals surface area contributed by atoms with Crippen molar-refractivity contribution in [2.75, 3.05) is 6.79 Å². The molecule has 1 aliphatic heterocycles. The Labute approximate surface area is 148 Å². The number of fused-ring (bicyclic) bond motifs is 2. The van der Waals surface area contributed by atoms with Crippen molar-refractivity contribution in [2.45, 2.75) is 0 Å². The predicted octanol–water partition coefficient (Wildman–Crippen LogP) is 2.87. The van der Waals surface area contributed by atoms with Crippen LogP contribution in [0.15, 0.2) is 53.3 Å². The fourth-order valence-electron chi connectivity index (χ4n) is 2.97. The number of aromatic nitrogens is 1. The molecule has 0 aliphatic carbocycles. The third-order valence-corrected chi connectivity index (χ3v) is 4.35. The van der Waals surface area contributed by atoms with Crippen LogP contribution in [0.25, 0.3) is 17.0 Å². The van der Waals surface area contributed by atoms with Gasteiger partial charge in [-0.05, 0) is 35.9 Å². The maximum Gasteiger partial charge on any atom is 0.265 e. The van der Waals surface area contributed by atoms with Gasteiger partial charge in [-0.3, -0.25) is 9.59 Å². The number of para-hydroxylation sites is 1. The summed E-state index contributed by atoms with van der Waals surface area (Å²) in [5, 5.41) is 10.9. The van der Waals surface area contributed by atoms with E-state index in [1.165, 1.54) is 10.6 Å². The number of pyridine rings is 1. The first-order chi connectivity index (χ1) is 12.6. The van der Waals surface area contributed by atoms with E-state index in [1.54, 1.807) is 55.6 Å². The van der Waals surface area contributed by atoms with Gasteiger partial charge < -0.3 is 19.1 Å². The summed E-state index contributed by atoms with van der Waals surface area (Å²) in [7, 11) is 1.57. The first-order valence-corrected chi connectivity index (χ1v) is 7.99. The predicted molar refractivity (Wildman–Crippen MR) is 96.8 cm³/mol. The van der Waals surface area contributed by atoms with Crippen LogP contribution in [0.5, 0.6) is 17.2 Å². The van der Waals surface area contributed by atoms with Crippen LogP contribution >= 0.6 is 0 Å². The number of hydrogen-bond donors (Lipinski definition) is 1. The van der Waals surface area contributed by atoms with E-state index in [9.17, 15) is 14.7 Å². The number of ketones is 1. The van der Waals surface area contributed by atoms with E-state index in [4.69, 9.17) is 9.47 Å². The Hall–Kier alpha value is -3.54. The second kappa shape index (κ2) is 6.07. The summed E-state index contributed by atoms with van der Waals surface area (Å²) in [6.45, 7) is 0.169. The molecule has 3 aromatic rings. The number of rotatable bonds is 3. The molecule has 6 heteroatoms. The fraction of sp³-hybridized carbons (Fsp3) is 0.100. The van der Waals surface area contributed by atoms with Gasteiger partial charge in [0.15, 0.2) is 17.3 Å². The largest absolute Gasteiger partial charge is 0.506 e. The van der Waals surface area contributed by atoms with Gasteiger partial charge in [0.1, 0.15) is 11.3 Å². The number of ether oxygens (including phenoxy) is 2. The van der Waals surface area contributed by atoms with Crippen LogP contribution in [-0.4, -0.2) is 22.2 Å². The highest BCUT2D eigenvalue weighted by Gasteiger charge is 2.19. The van der Waals surface area contributed by atoms with Crippen LogP contribution in [0.2, 0.25) is 0 Å². The van der Waals surface area contributed by atoms with E-state index in [-0.39, 0.29) is 18.1 Å². The molecule has 1 aromatic heterocycles. The van der Waals surface area contributed by atoms with E-state index in [1.807, 2.05) is 0 Å². The van der Waals surface area contributed by atoms with Crippen LogP contribution in [0.1, 0.15) is 15.9 Å². The van der Waals surface area contributed by atoms with Crippen molar-refractivity contribution in [3.63, 3.8) is 0 Å². The minimum Gasteiger partial charge on any atom is -0.506 e. The van der Waals surface area contributed by atoms with Gasteiger partial charge >= 0.3 is 0 Å². The Morgan fingerprint density at radius 3 is 2.77 bits per heavy atom. The van der Waals surface area contributed by atoms with E-state index in [2.05, 4.69) is 0 Å². The Morgan fingerprint density at radius 1 is 1.15 bits per heavy atom. The lowest BCUT2D eigenvalue weighted by atomic mass is 10.1. The second-order valence-corrected chi connectivity index (χ2v) is 5.92. The number of carbonyl (C=O) groups excluding carboxylic acids is 1. The quantitative estimate of drug-likeness (QED) is 0.581. The summed E-state index contributed by atoms with van der Waals surface area (Å²) in [4.78, 5) is 25.1. The van der Waals surface area contributed by atoms with Crippen molar-refractivity contribution in [1.82, 2.24) is 4.57 Å². The van der Waals surface area contributed by atoms with Gasteiger partial charge in [-0.1, -0.05) is 24.3 Å². The molecule has 0 unspecified atom stereocenters. The lowest BCUT2D eigenvalue weighted by Gasteiger charge is -2.09. The molecule has 1 N–H and O–H groups in total. The molecule has 0 saturated carbocycles. The number of carbonyl (C=O) groups is 1. The summed E-state index contributed by atoms with van der Waals surface area (Å²) in [6.07, 6.45) is 2.83. The highest BCUT2D eigenvalue weighted by atomic mass is 16.7. The van der Waals surface area contributed by atoms with Crippen LogP contribution in [0.4, 0.5) is 0 Å². The van der Waals surface area contributed by atoms with Crippen molar-refractivity contribution in [2.24, 2.45) is 7.05 Å². The second-order valence-electron chi connectivity index (χ2n) is 5.92. The van der Waals surface area contributed by atoms with Crippen molar-refractivity contribution >= 4 is 22.8 Å².